The Morgan fingerprint density at radius 3 is 2.53 bits per heavy atom. The molecule has 36 heavy (non-hydrogen) atoms. The van der Waals surface area contributed by atoms with Crippen LogP contribution < -0.4 is 15.4 Å². The highest BCUT2D eigenvalue weighted by atomic mass is 79.9. The van der Waals surface area contributed by atoms with Gasteiger partial charge in [0, 0.05) is 11.3 Å². The molecule has 1 aromatic heterocycles. The summed E-state index contributed by atoms with van der Waals surface area (Å²) in [6.45, 7) is 4.09. The summed E-state index contributed by atoms with van der Waals surface area (Å²) in [7, 11) is 1.53. The molecule has 0 atom stereocenters. The summed E-state index contributed by atoms with van der Waals surface area (Å²) in [6.07, 6.45) is 0. The molecule has 180 valence electrons. The Kier molecular flexibility index (Phi) is 6.47. The molecule has 0 spiro atoms. The maximum absolute atomic E-state index is 13.1. The van der Waals surface area contributed by atoms with Crippen LogP contribution in [-0.2, 0) is 0 Å². The highest BCUT2D eigenvalue weighted by Gasteiger charge is 2.19. The van der Waals surface area contributed by atoms with E-state index in [1.54, 1.807) is 6.07 Å². The highest BCUT2D eigenvalue weighted by molar-refractivity contribution is 9.10. The van der Waals surface area contributed by atoms with Gasteiger partial charge in [-0.3, -0.25) is 10.1 Å². The summed E-state index contributed by atoms with van der Waals surface area (Å²) in [5.41, 5.74) is 5.61. The van der Waals surface area contributed by atoms with Gasteiger partial charge in [-0.1, -0.05) is 41.5 Å². The zero-order chi connectivity index (χ0) is 25.4. The van der Waals surface area contributed by atoms with E-state index in [2.05, 4.69) is 37.6 Å². The predicted molar refractivity (Wildman–Crippen MR) is 151 cm³/mol. The number of halogens is 1. The molecule has 8 heteroatoms. The molecule has 1 amide bonds. The topological polar surface area (TPSA) is 76.4 Å². The lowest BCUT2D eigenvalue weighted by Gasteiger charge is -2.14. The van der Waals surface area contributed by atoms with E-state index >= 15 is 0 Å². The Morgan fingerprint density at radius 2 is 1.78 bits per heavy atom. The van der Waals surface area contributed by atoms with Crippen LogP contribution in [0.5, 0.6) is 5.75 Å². The average Bonchev–Trinajstić information content (AvgIpc) is 3.27. The molecule has 0 unspecified atom stereocenters. The molecular weight excluding hydrogens is 538 g/mol. The number of carbonyl (C=O) groups excluding carboxylic acids is 1. The summed E-state index contributed by atoms with van der Waals surface area (Å²) < 4.78 is 12.2. The van der Waals surface area contributed by atoms with Gasteiger partial charge in [0.25, 0.3) is 5.91 Å². The van der Waals surface area contributed by atoms with Crippen LogP contribution in [0.15, 0.2) is 75.6 Å². The number of thiocarbonyl (C=S) groups is 1. The van der Waals surface area contributed by atoms with Crippen LogP contribution >= 0.6 is 28.1 Å². The number of methoxy groups -OCH3 is 1. The second kappa shape index (κ2) is 9.72. The van der Waals surface area contributed by atoms with Gasteiger partial charge < -0.3 is 14.5 Å². The van der Waals surface area contributed by atoms with E-state index in [1.165, 1.54) is 7.11 Å². The van der Waals surface area contributed by atoms with Crippen LogP contribution in [0.2, 0.25) is 0 Å². The quantitative estimate of drug-likeness (QED) is 0.227. The van der Waals surface area contributed by atoms with Gasteiger partial charge >= 0.3 is 0 Å². The van der Waals surface area contributed by atoms with Crippen LogP contribution in [0.3, 0.4) is 0 Å². The van der Waals surface area contributed by atoms with Gasteiger partial charge in [0.15, 0.2) is 10.7 Å². The number of aromatic nitrogens is 1. The average molecular weight is 560 g/mol. The Morgan fingerprint density at radius 1 is 1.03 bits per heavy atom. The molecule has 5 rings (SSSR count). The number of anilines is 1. The molecule has 4 aromatic carbocycles. The molecule has 5 aromatic rings. The molecule has 1 heterocycles. The monoisotopic (exact) mass is 559 g/mol. The van der Waals surface area contributed by atoms with Crippen molar-refractivity contribution in [3.05, 3.63) is 87.9 Å². The van der Waals surface area contributed by atoms with Crippen molar-refractivity contribution in [2.75, 3.05) is 12.4 Å². The SMILES string of the molecule is COc1c(C(=O)NC(=S)Nc2ccc3oc(-c4cc(C)cc(C)c4)nc3c2)cc2ccccc2c1Br. The lowest BCUT2D eigenvalue weighted by atomic mass is 10.1. The summed E-state index contributed by atoms with van der Waals surface area (Å²) in [5, 5.41) is 7.81. The Balaban J connectivity index is 1.36. The molecule has 0 aliphatic rings. The van der Waals surface area contributed by atoms with E-state index < -0.39 is 0 Å². The van der Waals surface area contributed by atoms with Crippen molar-refractivity contribution in [2.45, 2.75) is 13.8 Å². The smallest absolute Gasteiger partial charge is 0.261 e. The number of hydrogen-bond donors (Lipinski definition) is 2. The van der Waals surface area contributed by atoms with Crippen molar-refractivity contribution >= 4 is 66.7 Å². The first-order valence-corrected chi connectivity index (χ1v) is 12.4. The fourth-order valence-corrected chi connectivity index (χ4v) is 5.16. The second-order valence-electron chi connectivity index (χ2n) is 8.48. The summed E-state index contributed by atoms with van der Waals surface area (Å²) >= 11 is 8.98. The van der Waals surface area contributed by atoms with Crippen LogP contribution in [0.4, 0.5) is 5.69 Å². The van der Waals surface area contributed by atoms with Crippen molar-refractivity contribution in [1.29, 1.82) is 0 Å². The van der Waals surface area contributed by atoms with Crippen molar-refractivity contribution in [3.8, 4) is 17.2 Å². The molecule has 6 nitrogen and oxygen atoms in total. The maximum atomic E-state index is 13.1. The third-order valence-corrected chi connectivity index (χ3v) is 6.72. The number of ether oxygens (including phenoxy) is 1. The molecule has 0 bridgehead atoms. The lowest BCUT2D eigenvalue weighted by Crippen LogP contribution is -2.34. The Bertz CT molecular complexity index is 1640. The van der Waals surface area contributed by atoms with E-state index in [0.717, 1.165) is 27.5 Å². The van der Waals surface area contributed by atoms with Crippen molar-refractivity contribution in [3.63, 3.8) is 0 Å². The lowest BCUT2D eigenvalue weighted by molar-refractivity contribution is 0.0975. The number of rotatable bonds is 4. The number of nitrogens with zero attached hydrogens (tertiary/aromatic N) is 1. The van der Waals surface area contributed by atoms with E-state index in [9.17, 15) is 4.79 Å². The Labute approximate surface area is 221 Å². The summed E-state index contributed by atoms with van der Waals surface area (Å²) in [6, 6.07) is 21.2. The first-order valence-electron chi connectivity index (χ1n) is 11.2. The number of amides is 1. The summed E-state index contributed by atoms with van der Waals surface area (Å²) in [4.78, 5) is 17.7. The van der Waals surface area contributed by atoms with E-state index in [0.29, 0.717) is 38.5 Å². The van der Waals surface area contributed by atoms with Crippen LogP contribution in [0.1, 0.15) is 21.5 Å². The van der Waals surface area contributed by atoms with Crippen LogP contribution in [0, 0.1) is 13.8 Å². The molecule has 0 saturated carbocycles. The van der Waals surface area contributed by atoms with Gasteiger partial charge in [-0.05, 0) is 89.2 Å². The number of fused-ring (bicyclic) bond motifs is 2. The first kappa shape index (κ1) is 24.0. The van der Waals surface area contributed by atoms with Gasteiger partial charge in [0.2, 0.25) is 5.89 Å². The number of aryl methyl sites for hydroxylation is 2. The fourth-order valence-electron chi connectivity index (χ4n) is 4.21. The molecule has 0 fully saturated rings. The number of hydrogen-bond acceptors (Lipinski definition) is 5. The third-order valence-electron chi connectivity index (χ3n) is 5.73. The third kappa shape index (κ3) is 4.69. The zero-order valence-electron chi connectivity index (χ0n) is 19.8. The predicted octanol–water partition coefficient (Wildman–Crippen LogP) is 7.16. The minimum absolute atomic E-state index is 0.156. The van der Waals surface area contributed by atoms with E-state index in [4.69, 9.17) is 21.4 Å². The molecule has 2 N–H and O–H groups in total. The molecule has 0 saturated heterocycles. The second-order valence-corrected chi connectivity index (χ2v) is 9.68. The van der Waals surface area contributed by atoms with Crippen LogP contribution in [-0.4, -0.2) is 23.1 Å². The van der Waals surface area contributed by atoms with Gasteiger partial charge in [0.05, 0.1) is 17.1 Å². The number of nitrogens with one attached hydrogen (secondary N) is 2. The van der Waals surface area contributed by atoms with Gasteiger partial charge in [-0.15, -0.1) is 0 Å². The number of oxazole rings is 1. The normalized spacial score (nSPS) is 11.0. The van der Waals surface area contributed by atoms with Gasteiger partial charge in [-0.25, -0.2) is 4.98 Å². The van der Waals surface area contributed by atoms with Crippen molar-refractivity contribution < 1.29 is 13.9 Å². The van der Waals surface area contributed by atoms with Crippen molar-refractivity contribution in [1.82, 2.24) is 10.3 Å². The molecule has 0 radical (unpaired) electrons. The van der Waals surface area contributed by atoms with Crippen LogP contribution in [0.25, 0.3) is 33.3 Å². The number of benzene rings is 4. The number of carbonyl (C=O) groups is 1. The van der Waals surface area contributed by atoms with Crippen molar-refractivity contribution in [2.24, 2.45) is 0 Å². The molecule has 0 aliphatic heterocycles. The molecular formula is C28H22BrN3O3S. The Hall–Kier alpha value is -3.75. The fraction of sp³-hybridized carbons (Fsp3) is 0.107. The largest absolute Gasteiger partial charge is 0.495 e. The van der Waals surface area contributed by atoms with E-state index in [1.807, 2.05) is 68.4 Å². The minimum atomic E-state index is -0.379. The zero-order valence-corrected chi connectivity index (χ0v) is 22.2. The molecule has 0 aliphatic carbocycles. The summed E-state index contributed by atoms with van der Waals surface area (Å²) in [5.74, 6) is 0.617. The maximum Gasteiger partial charge on any atom is 0.261 e. The van der Waals surface area contributed by atoms with Gasteiger partial charge in [0.1, 0.15) is 11.3 Å². The highest BCUT2D eigenvalue weighted by Crippen LogP contribution is 2.36. The first-order chi connectivity index (χ1) is 17.3. The van der Waals surface area contributed by atoms with E-state index in [-0.39, 0.29) is 11.0 Å². The standard InChI is InChI=1S/C28H22BrN3O3S/c1-15-10-16(2)12-18(11-15)27-31-22-14-19(8-9-23(22)35-27)30-28(36)32-26(33)21-13-17-6-4-5-7-20(17)24(29)25(21)34-3/h4-14H,1-3H3,(H2,30,32,33,36). The minimum Gasteiger partial charge on any atom is -0.495 e. The van der Waals surface area contributed by atoms with Gasteiger partial charge in [-0.2, -0.15) is 0 Å².